The molecule has 0 saturated carbocycles. The molecule has 5 aromatic rings. The molecular formula is C21H16N4O3S2. The molecule has 1 aromatic carbocycles. The summed E-state index contributed by atoms with van der Waals surface area (Å²) in [7, 11) is 0. The van der Waals surface area contributed by atoms with Crippen LogP contribution in [-0.2, 0) is 4.79 Å². The number of anilines is 1. The number of rotatable bonds is 6. The van der Waals surface area contributed by atoms with Crippen molar-refractivity contribution in [1.82, 2.24) is 15.0 Å². The lowest BCUT2D eigenvalue weighted by Gasteiger charge is -2.08. The van der Waals surface area contributed by atoms with Crippen LogP contribution in [0.2, 0.25) is 0 Å². The first kappa shape index (κ1) is 18.7. The number of nitrogens with zero attached hydrogens (tertiary/aromatic N) is 2. The number of nitrogens with one attached hydrogen (secondary N) is 2. The average Bonchev–Trinajstić information content (AvgIpc) is 3.53. The monoisotopic (exact) mass is 436 g/mol. The molecule has 1 amide bonds. The zero-order valence-electron chi connectivity index (χ0n) is 15.8. The predicted octanol–water partition coefficient (Wildman–Crippen LogP) is 5.66. The van der Waals surface area contributed by atoms with Crippen molar-refractivity contribution in [3.8, 4) is 22.9 Å². The standard InChI is InChI=1S/C21H16N4O3S2/c1-12(19(26)25-20-22-13-6-2-3-9-16(13)30-20)29-21-23-17(14-7-4-10-27-14)18(24-21)15-8-5-11-28-15/h2-12H,1H3,(H,23,24)(H,22,25,26). The van der Waals surface area contributed by atoms with E-state index in [0.29, 0.717) is 33.2 Å². The van der Waals surface area contributed by atoms with Gasteiger partial charge in [0.2, 0.25) is 5.91 Å². The van der Waals surface area contributed by atoms with E-state index >= 15 is 0 Å². The zero-order valence-corrected chi connectivity index (χ0v) is 17.4. The van der Waals surface area contributed by atoms with Crippen LogP contribution in [0.25, 0.3) is 33.1 Å². The first-order valence-corrected chi connectivity index (χ1v) is 10.9. The zero-order chi connectivity index (χ0) is 20.5. The number of amides is 1. The van der Waals surface area contributed by atoms with E-state index in [1.165, 1.54) is 23.1 Å². The number of thiazole rings is 1. The van der Waals surface area contributed by atoms with Gasteiger partial charge in [-0.25, -0.2) is 9.97 Å². The second-order valence-corrected chi connectivity index (χ2v) is 8.82. The largest absolute Gasteiger partial charge is 0.463 e. The van der Waals surface area contributed by atoms with E-state index in [0.717, 1.165) is 10.2 Å². The lowest BCUT2D eigenvalue weighted by atomic mass is 10.2. The molecule has 0 fully saturated rings. The minimum Gasteiger partial charge on any atom is -0.463 e. The third kappa shape index (κ3) is 3.64. The molecule has 150 valence electrons. The molecule has 9 heteroatoms. The fourth-order valence-corrected chi connectivity index (χ4v) is 4.63. The summed E-state index contributed by atoms with van der Waals surface area (Å²) < 4.78 is 12.1. The smallest absolute Gasteiger partial charge is 0.239 e. The Morgan fingerprint density at radius 2 is 1.83 bits per heavy atom. The number of benzene rings is 1. The van der Waals surface area contributed by atoms with Gasteiger partial charge in [-0.15, -0.1) is 0 Å². The summed E-state index contributed by atoms with van der Waals surface area (Å²) in [6.45, 7) is 1.83. The van der Waals surface area contributed by atoms with E-state index in [9.17, 15) is 4.79 Å². The number of fused-ring (bicyclic) bond motifs is 1. The number of aromatic nitrogens is 3. The molecule has 0 aliphatic heterocycles. The van der Waals surface area contributed by atoms with Crippen LogP contribution in [0.4, 0.5) is 5.13 Å². The number of para-hydroxylation sites is 1. The lowest BCUT2D eigenvalue weighted by Crippen LogP contribution is -2.22. The number of hydrogen-bond donors (Lipinski definition) is 2. The van der Waals surface area contributed by atoms with E-state index in [1.807, 2.05) is 49.4 Å². The predicted molar refractivity (Wildman–Crippen MR) is 118 cm³/mol. The molecule has 5 rings (SSSR count). The van der Waals surface area contributed by atoms with Gasteiger partial charge in [0.1, 0.15) is 11.4 Å². The molecule has 0 spiro atoms. The molecule has 30 heavy (non-hydrogen) atoms. The van der Waals surface area contributed by atoms with Crippen molar-refractivity contribution in [2.24, 2.45) is 0 Å². The third-order valence-corrected chi connectivity index (χ3v) is 6.32. The molecular weight excluding hydrogens is 420 g/mol. The number of aromatic amines is 1. The van der Waals surface area contributed by atoms with Crippen LogP contribution >= 0.6 is 23.1 Å². The highest BCUT2D eigenvalue weighted by Gasteiger charge is 2.22. The Balaban J connectivity index is 1.35. The minimum atomic E-state index is -0.392. The second kappa shape index (κ2) is 7.85. The van der Waals surface area contributed by atoms with Gasteiger partial charge in [0.05, 0.1) is 28.0 Å². The van der Waals surface area contributed by atoms with Gasteiger partial charge < -0.3 is 19.1 Å². The minimum absolute atomic E-state index is 0.144. The molecule has 0 bridgehead atoms. The summed E-state index contributed by atoms with van der Waals surface area (Å²) in [5, 5.41) is 3.69. The van der Waals surface area contributed by atoms with Gasteiger partial charge >= 0.3 is 0 Å². The van der Waals surface area contributed by atoms with E-state index in [-0.39, 0.29) is 5.91 Å². The van der Waals surface area contributed by atoms with Gasteiger partial charge in [0.15, 0.2) is 21.8 Å². The molecule has 0 aliphatic carbocycles. The van der Waals surface area contributed by atoms with Gasteiger partial charge in [-0.1, -0.05) is 35.2 Å². The van der Waals surface area contributed by atoms with Crippen LogP contribution in [0.3, 0.4) is 0 Å². The molecule has 0 aliphatic rings. The Kier molecular flexibility index (Phi) is 4.89. The Morgan fingerprint density at radius 1 is 1.07 bits per heavy atom. The highest BCUT2D eigenvalue weighted by molar-refractivity contribution is 8.00. The molecule has 1 atom stereocenters. The number of H-pyrrole nitrogens is 1. The lowest BCUT2D eigenvalue weighted by molar-refractivity contribution is -0.115. The molecule has 4 heterocycles. The normalized spacial score (nSPS) is 12.3. The van der Waals surface area contributed by atoms with Crippen molar-refractivity contribution in [2.75, 3.05) is 5.32 Å². The Bertz CT molecular complexity index is 1200. The van der Waals surface area contributed by atoms with Crippen LogP contribution in [0.1, 0.15) is 6.92 Å². The number of imidazole rings is 1. The average molecular weight is 437 g/mol. The van der Waals surface area contributed by atoms with Gasteiger partial charge in [0, 0.05) is 0 Å². The van der Waals surface area contributed by atoms with E-state index in [2.05, 4.69) is 20.3 Å². The van der Waals surface area contributed by atoms with Crippen molar-refractivity contribution in [3.63, 3.8) is 0 Å². The van der Waals surface area contributed by atoms with Gasteiger partial charge in [0.25, 0.3) is 0 Å². The van der Waals surface area contributed by atoms with Crippen LogP contribution < -0.4 is 5.32 Å². The summed E-state index contributed by atoms with van der Waals surface area (Å²) in [6, 6.07) is 15.1. The summed E-state index contributed by atoms with van der Waals surface area (Å²) >= 11 is 2.77. The van der Waals surface area contributed by atoms with Crippen molar-refractivity contribution < 1.29 is 13.6 Å². The molecule has 7 nitrogen and oxygen atoms in total. The summed E-state index contributed by atoms with van der Waals surface area (Å²) in [6.07, 6.45) is 3.19. The van der Waals surface area contributed by atoms with Crippen LogP contribution in [0, 0.1) is 0 Å². The number of carbonyl (C=O) groups excluding carboxylic acids is 1. The van der Waals surface area contributed by atoms with Crippen molar-refractivity contribution in [1.29, 1.82) is 0 Å². The van der Waals surface area contributed by atoms with Crippen molar-refractivity contribution in [2.45, 2.75) is 17.3 Å². The van der Waals surface area contributed by atoms with Crippen LogP contribution in [0.5, 0.6) is 0 Å². The van der Waals surface area contributed by atoms with Crippen LogP contribution in [-0.4, -0.2) is 26.1 Å². The SMILES string of the molecule is CC(Sc1nc(-c2ccco2)c(-c2ccco2)[nH]1)C(=O)Nc1nc2ccccc2s1. The number of carbonyl (C=O) groups is 1. The first-order chi connectivity index (χ1) is 14.7. The highest BCUT2D eigenvalue weighted by atomic mass is 32.2. The Morgan fingerprint density at radius 3 is 2.57 bits per heavy atom. The fourth-order valence-electron chi connectivity index (χ4n) is 2.95. The molecule has 4 aromatic heterocycles. The topological polar surface area (TPSA) is 97.0 Å². The van der Waals surface area contributed by atoms with Crippen LogP contribution in [0.15, 0.2) is 75.0 Å². The number of thioether (sulfide) groups is 1. The first-order valence-electron chi connectivity index (χ1n) is 9.18. The third-order valence-electron chi connectivity index (χ3n) is 4.39. The van der Waals surface area contributed by atoms with E-state index in [4.69, 9.17) is 8.83 Å². The van der Waals surface area contributed by atoms with E-state index < -0.39 is 5.25 Å². The van der Waals surface area contributed by atoms with Gasteiger partial charge in [-0.3, -0.25) is 4.79 Å². The van der Waals surface area contributed by atoms with E-state index in [1.54, 1.807) is 18.6 Å². The highest BCUT2D eigenvalue weighted by Crippen LogP contribution is 2.34. The summed E-state index contributed by atoms with van der Waals surface area (Å²) in [4.78, 5) is 25.0. The second-order valence-electron chi connectivity index (χ2n) is 6.46. The van der Waals surface area contributed by atoms with Crippen molar-refractivity contribution >= 4 is 44.4 Å². The Hall–Kier alpha value is -3.30. The Labute approximate surface area is 179 Å². The van der Waals surface area contributed by atoms with Gasteiger partial charge in [-0.05, 0) is 43.3 Å². The fraction of sp³-hybridized carbons (Fsp3) is 0.0952. The maximum absolute atomic E-state index is 12.7. The van der Waals surface area contributed by atoms with Crippen molar-refractivity contribution in [3.05, 3.63) is 61.1 Å². The maximum atomic E-state index is 12.7. The quantitative estimate of drug-likeness (QED) is 0.333. The number of hydrogen-bond acceptors (Lipinski definition) is 7. The van der Waals surface area contributed by atoms with Gasteiger partial charge in [-0.2, -0.15) is 0 Å². The maximum Gasteiger partial charge on any atom is 0.239 e. The summed E-state index contributed by atoms with van der Waals surface area (Å²) in [5.41, 5.74) is 2.21. The molecule has 0 radical (unpaired) electrons. The summed E-state index contributed by atoms with van der Waals surface area (Å²) in [5.74, 6) is 1.12. The molecule has 1 unspecified atom stereocenters. The molecule has 0 saturated heterocycles. The number of furan rings is 2. The molecule has 2 N–H and O–H groups in total.